The van der Waals surface area contributed by atoms with Crippen LogP contribution in [-0.4, -0.2) is 33.7 Å². The molecule has 0 unspecified atom stereocenters. The first kappa shape index (κ1) is 24.2. The topological polar surface area (TPSA) is 90.5 Å². The maximum absolute atomic E-state index is 13.5. The molecule has 1 aromatic heterocycles. The number of nitro groups is 1. The monoisotopic (exact) mass is 482 g/mol. The lowest BCUT2D eigenvalue weighted by Gasteiger charge is -2.28. The summed E-state index contributed by atoms with van der Waals surface area (Å²) in [5.41, 5.74) is -1.62. The van der Waals surface area contributed by atoms with E-state index in [-0.39, 0.29) is 42.2 Å². The number of benzene rings is 2. The van der Waals surface area contributed by atoms with E-state index in [1.54, 1.807) is 37.3 Å². The Morgan fingerprint density at radius 1 is 1.18 bits per heavy atom. The number of non-ortho nitro benzene ring substituents is 1. The minimum absolute atomic E-state index is 0.0681. The van der Waals surface area contributed by atoms with Crippen LogP contribution in [-0.2, 0) is 10.9 Å². The predicted molar refractivity (Wildman–Crippen MR) is 116 cm³/mol. The van der Waals surface area contributed by atoms with E-state index in [2.05, 4.69) is 4.98 Å². The third-order valence-electron chi connectivity index (χ3n) is 4.57. The highest BCUT2D eigenvalue weighted by molar-refractivity contribution is 6.17. The molecular formula is C21H18ClF3N4O4. The van der Waals surface area contributed by atoms with Gasteiger partial charge in [0.15, 0.2) is 5.69 Å². The molecule has 1 heterocycles. The van der Waals surface area contributed by atoms with Gasteiger partial charge in [-0.1, -0.05) is 18.2 Å². The first-order valence-corrected chi connectivity index (χ1v) is 10.1. The Hall–Kier alpha value is -3.44. The molecule has 3 aromatic rings. The van der Waals surface area contributed by atoms with Gasteiger partial charge in [0.1, 0.15) is 6.73 Å². The summed E-state index contributed by atoms with van der Waals surface area (Å²) in [6.45, 7) is 1.31. The van der Waals surface area contributed by atoms with Crippen molar-refractivity contribution in [3.63, 3.8) is 0 Å². The number of ether oxygens (including phenoxy) is 1. The summed E-state index contributed by atoms with van der Waals surface area (Å²) in [7, 11) is 0. The summed E-state index contributed by atoms with van der Waals surface area (Å²) in [6, 6.07) is 12.3. The van der Waals surface area contributed by atoms with Gasteiger partial charge < -0.3 is 4.74 Å². The summed E-state index contributed by atoms with van der Waals surface area (Å²) >= 11 is 5.66. The summed E-state index contributed by atoms with van der Waals surface area (Å²) in [5.74, 6) is -0.248. The number of para-hydroxylation sites is 1. The Labute approximate surface area is 191 Å². The summed E-state index contributed by atoms with van der Waals surface area (Å²) in [5, 5.41) is 11.1. The number of nitrogens with zero attached hydrogens (tertiary/aromatic N) is 4. The van der Waals surface area contributed by atoms with E-state index in [4.69, 9.17) is 16.3 Å². The number of alkyl halides is 4. The average molecular weight is 483 g/mol. The molecule has 0 amide bonds. The lowest BCUT2D eigenvalue weighted by molar-refractivity contribution is -0.384. The summed E-state index contributed by atoms with van der Waals surface area (Å²) in [6.07, 6.45) is -4.88. The molecule has 0 saturated carbocycles. The van der Waals surface area contributed by atoms with E-state index in [1.165, 1.54) is 23.1 Å². The molecule has 0 aliphatic rings. The Bertz CT molecular complexity index is 1200. The zero-order chi connectivity index (χ0) is 24.2. The molecule has 174 valence electrons. The normalized spacial score (nSPS) is 11.4. The molecule has 0 spiro atoms. The second-order valence-electron chi connectivity index (χ2n) is 6.83. The quantitative estimate of drug-likeness (QED) is 0.150. The molecule has 8 nitrogen and oxygen atoms in total. The first-order chi connectivity index (χ1) is 15.6. The van der Waals surface area contributed by atoms with Crippen LogP contribution in [0.1, 0.15) is 11.3 Å². The van der Waals surface area contributed by atoms with Crippen LogP contribution in [0.4, 0.5) is 30.5 Å². The lowest BCUT2D eigenvalue weighted by atomic mass is 10.1. The number of nitro benzene ring substituents is 1. The van der Waals surface area contributed by atoms with E-state index < -0.39 is 22.4 Å². The van der Waals surface area contributed by atoms with Gasteiger partial charge in [0.2, 0.25) is 5.95 Å². The molecule has 0 atom stereocenters. The van der Waals surface area contributed by atoms with Crippen molar-refractivity contribution in [2.24, 2.45) is 0 Å². The Morgan fingerprint density at radius 3 is 2.45 bits per heavy atom. The smallest absolute Gasteiger partial charge is 0.359 e. The van der Waals surface area contributed by atoms with Gasteiger partial charge in [-0.25, -0.2) is 9.55 Å². The van der Waals surface area contributed by atoms with Crippen LogP contribution >= 0.6 is 11.6 Å². The molecule has 3 rings (SSSR count). The van der Waals surface area contributed by atoms with Gasteiger partial charge in [0.25, 0.3) is 11.2 Å². The van der Waals surface area contributed by atoms with Crippen molar-refractivity contribution in [3.8, 4) is 5.69 Å². The second-order valence-corrected chi connectivity index (χ2v) is 7.21. The molecule has 0 radical (unpaired) electrons. The van der Waals surface area contributed by atoms with Gasteiger partial charge >= 0.3 is 6.18 Å². The molecule has 0 bridgehead atoms. The molecule has 33 heavy (non-hydrogen) atoms. The van der Waals surface area contributed by atoms with E-state index in [1.807, 2.05) is 0 Å². The number of rotatable bonds is 8. The Morgan fingerprint density at radius 2 is 1.88 bits per heavy atom. The maximum atomic E-state index is 13.5. The minimum atomic E-state index is -4.88. The fraction of sp³-hybridized carbons (Fsp3) is 0.238. The number of halogens is 4. The van der Waals surface area contributed by atoms with Gasteiger partial charge in [-0.05, 0) is 30.7 Å². The zero-order valence-corrected chi connectivity index (χ0v) is 18.0. The zero-order valence-electron chi connectivity index (χ0n) is 17.3. The van der Waals surface area contributed by atoms with E-state index in [0.29, 0.717) is 11.6 Å². The molecule has 2 aromatic carbocycles. The minimum Gasteiger partial charge on any atom is -0.359 e. The summed E-state index contributed by atoms with van der Waals surface area (Å²) < 4.78 is 47.0. The number of anilines is 2. The van der Waals surface area contributed by atoms with Crippen LogP contribution in [0.25, 0.3) is 5.69 Å². The molecule has 12 heteroatoms. The third-order valence-corrected chi connectivity index (χ3v) is 4.73. The SMILES string of the molecule is Cc1cc([N+](=O)[O-])ccc1N(COCCCl)c1nc(C(F)(F)F)cc(=O)n1-c1ccccc1. The highest BCUT2D eigenvalue weighted by atomic mass is 35.5. The first-order valence-electron chi connectivity index (χ1n) is 9.56. The van der Waals surface area contributed by atoms with Gasteiger partial charge in [0.05, 0.1) is 17.2 Å². The number of aryl methyl sites for hydroxylation is 1. The van der Waals surface area contributed by atoms with Crippen LogP contribution < -0.4 is 10.5 Å². The van der Waals surface area contributed by atoms with E-state index in [0.717, 1.165) is 4.57 Å². The van der Waals surface area contributed by atoms with Crippen molar-refractivity contribution >= 4 is 28.9 Å². The van der Waals surface area contributed by atoms with Crippen molar-refractivity contribution in [1.29, 1.82) is 0 Å². The van der Waals surface area contributed by atoms with Crippen LogP contribution in [0.2, 0.25) is 0 Å². The van der Waals surface area contributed by atoms with Crippen molar-refractivity contribution in [1.82, 2.24) is 9.55 Å². The third kappa shape index (κ3) is 5.49. The Balaban J connectivity index is 2.29. The van der Waals surface area contributed by atoms with E-state index in [9.17, 15) is 28.1 Å². The molecule has 0 N–H and O–H groups in total. The van der Waals surface area contributed by atoms with E-state index >= 15 is 0 Å². The van der Waals surface area contributed by atoms with Crippen LogP contribution in [0.3, 0.4) is 0 Å². The largest absolute Gasteiger partial charge is 0.433 e. The highest BCUT2D eigenvalue weighted by Gasteiger charge is 2.35. The molecular weight excluding hydrogens is 465 g/mol. The van der Waals surface area contributed by atoms with Crippen LogP contribution in [0.5, 0.6) is 0 Å². The Kier molecular flexibility index (Phi) is 7.34. The molecule has 0 saturated heterocycles. The van der Waals surface area contributed by atoms with Gasteiger partial charge in [-0.15, -0.1) is 11.6 Å². The standard InChI is InChI=1S/C21H18ClF3N4O4/c1-14-11-16(29(31)32)7-8-17(14)27(13-33-10-9-22)20-26-18(21(23,24)25)12-19(30)28(20)15-5-3-2-4-6-15/h2-8,11-12H,9-10,13H2,1H3. The van der Waals surface area contributed by atoms with Gasteiger partial charge in [-0.2, -0.15) is 13.2 Å². The average Bonchev–Trinajstić information content (AvgIpc) is 2.76. The van der Waals surface area contributed by atoms with Crippen molar-refractivity contribution in [2.45, 2.75) is 13.1 Å². The summed E-state index contributed by atoms with van der Waals surface area (Å²) in [4.78, 5) is 28.4. The number of hydrogen-bond donors (Lipinski definition) is 0. The molecule has 0 aliphatic carbocycles. The molecule has 0 fully saturated rings. The van der Waals surface area contributed by atoms with Crippen molar-refractivity contribution < 1.29 is 22.8 Å². The van der Waals surface area contributed by atoms with Crippen LogP contribution in [0, 0.1) is 17.0 Å². The molecule has 0 aliphatic heterocycles. The number of hydrogen-bond acceptors (Lipinski definition) is 6. The maximum Gasteiger partial charge on any atom is 0.433 e. The number of aromatic nitrogens is 2. The van der Waals surface area contributed by atoms with Gasteiger partial charge in [0, 0.05) is 29.8 Å². The fourth-order valence-electron chi connectivity index (χ4n) is 3.12. The predicted octanol–water partition coefficient (Wildman–Crippen LogP) is 4.82. The second kappa shape index (κ2) is 10.0. The van der Waals surface area contributed by atoms with Crippen LogP contribution in [0.15, 0.2) is 59.4 Å². The fourth-order valence-corrected chi connectivity index (χ4v) is 3.23. The van der Waals surface area contributed by atoms with Gasteiger partial charge in [-0.3, -0.25) is 19.8 Å². The highest BCUT2D eigenvalue weighted by Crippen LogP contribution is 2.33. The van der Waals surface area contributed by atoms with Crippen molar-refractivity contribution in [3.05, 3.63) is 86.3 Å². The van der Waals surface area contributed by atoms with Crippen molar-refractivity contribution in [2.75, 3.05) is 24.1 Å². The lowest BCUT2D eigenvalue weighted by Crippen LogP contribution is -2.33.